The Labute approximate surface area is 133 Å². The smallest absolute Gasteiger partial charge is 0.435 e. The molecule has 1 N–H and O–H groups in total. The molecule has 0 spiro atoms. The van der Waals surface area contributed by atoms with Crippen LogP contribution in [0.5, 0.6) is 5.75 Å². The first-order valence-corrected chi connectivity index (χ1v) is 7.71. The van der Waals surface area contributed by atoms with Gasteiger partial charge in [0.2, 0.25) is 0 Å². The number of ether oxygens (including phenoxy) is 1. The van der Waals surface area contributed by atoms with Crippen LogP contribution in [0.4, 0.5) is 13.2 Å². The van der Waals surface area contributed by atoms with E-state index < -0.39 is 22.7 Å². The number of nitrogens with zero attached hydrogens (tertiary/aromatic N) is 1. The lowest BCUT2D eigenvalue weighted by atomic mass is 10.2. The molecule has 1 aromatic carbocycles. The fourth-order valence-corrected chi connectivity index (χ4v) is 2.90. The molecule has 0 atom stereocenters. The lowest BCUT2D eigenvalue weighted by Gasteiger charge is -2.05. The van der Waals surface area contributed by atoms with Crippen LogP contribution in [0.25, 0.3) is 10.6 Å². The normalized spacial score (nSPS) is 14.7. The van der Waals surface area contributed by atoms with Crippen molar-refractivity contribution in [2.24, 2.45) is 5.92 Å². The van der Waals surface area contributed by atoms with Gasteiger partial charge in [-0.2, -0.15) is 13.2 Å². The second kappa shape index (κ2) is 5.84. The van der Waals surface area contributed by atoms with Gasteiger partial charge in [-0.1, -0.05) is 0 Å². The van der Waals surface area contributed by atoms with E-state index >= 15 is 0 Å². The predicted molar refractivity (Wildman–Crippen MR) is 77.7 cm³/mol. The quantitative estimate of drug-likeness (QED) is 0.878. The zero-order valence-electron chi connectivity index (χ0n) is 11.8. The molecule has 1 fully saturated rings. The molecule has 2 aromatic rings. The van der Waals surface area contributed by atoms with Crippen molar-refractivity contribution >= 4 is 17.3 Å². The molecule has 1 saturated carbocycles. The summed E-state index contributed by atoms with van der Waals surface area (Å²) in [6.45, 7) is 0.637. The highest BCUT2D eigenvalue weighted by Crippen LogP contribution is 2.38. The number of carboxylic acid groups (broad SMARTS) is 1. The van der Waals surface area contributed by atoms with Crippen molar-refractivity contribution in [3.05, 3.63) is 34.8 Å². The fraction of sp³-hybridized carbons (Fsp3) is 0.333. The summed E-state index contributed by atoms with van der Waals surface area (Å²) in [6.07, 6.45) is -2.47. The number of carbonyl (C=O) groups is 1. The highest BCUT2D eigenvalue weighted by atomic mass is 32.1. The van der Waals surface area contributed by atoms with E-state index in [1.807, 2.05) is 0 Å². The minimum absolute atomic E-state index is 0.0171. The van der Waals surface area contributed by atoms with E-state index in [4.69, 9.17) is 9.84 Å². The van der Waals surface area contributed by atoms with Crippen LogP contribution >= 0.6 is 11.3 Å². The molecule has 4 nitrogen and oxygen atoms in total. The predicted octanol–water partition coefficient (Wildman–Crippen LogP) is 4.32. The van der Waals surface area contributed by atoms with Crippen LogP contribution in [0.2, 0.25) is 0 Å². The number of carboxylic acids is 1. The largest absolute Gasteiger partial charge is 0.493 e. The Bertz CT molecular complexity index is 721. The number of alkyl halides is 3. The van der Waals surface area contributed by atoms with E-state index in [2.05, 4.69) is 4.98 Å². The fourth-order valence-electron chi connectivity index (χ4n) is 1.97. The van der Waals surface area contributed by atoms with Crippen molar-refractivity contribution in [1.29, 1.82) is 0 Å². The Morgan fingerprint density at radius 2 is 1.96 bits per heavy atom. The van der Waals surface area contributed by atoms with Crippen LogP contribution in [0.3, 0.4) is 0 Å². The van der Waals surface area contributed by atoms with E-state index in [0.29, 0.717) is 35.2 Å². The van der Waals surface area contributed by atoms with Gasteiger partial charge in [-0.25, -0.2) is 9.78 Å². The van der Waals surface area contributed by atoms with Gasteiger partial charge in [-0.05, 0) is 43.0 Å². The molecule has 0 aliphatic heterocycles. The Morgan fingerprint density at radius 3 is 2.43 bits per heavy atom. The maximum Gasteiger partial charge on any atom is 0.435 e. The van der Waals surface area contributed by atoms with E-state index in [1.165, 1.54) is 0 Å². The summed E-state index contributed by atoms with van der Waals surface area (Å²) < 4.78 is 44.1. The number of hydrogen-bond donors (Lipinski definition) is 1. The van der Waals surface area contributed by atoms with Crippen LogP contribution in [0, 0.1) is 5.92 Å². The SMILES string of the molecule is O=C(O)c1sc(-c2ccc(OCC3CC3)cc2)nc1C(F)(F)F. The van der Waals surface area contributed by atoms with Crippen molar-refractivity contribution in [1.82, 2.24) is 4.98 Å². The molecule has 1 aromatic heterocycles. The summed E-state index contributed by atoms with van der Waals surface area (Å²) in [6, 6.07) is 6.44. The van der Waals surface area contributed by atoms with E-state index in [-0.39, 0.29) is 5.01 Å². The molecular formula is C15H12F3NO3S. The first kappa shape index (κ1) is 15.8. The maximum atomic E-state index is 12.8. The first-order valence-electron chi connectivity index (χ1n) is 6.89. The van der Waals surface area contributed by atoms with Crippen LogP contribution in [-0.4, -0.2) is 22.7 Å². The number of hydrogen-bond acceptors (Lipinski definition) is 4. The van der Waals surface area contributed by atoms with Gasteiger partial charge in [-0.15, -0.1) is 11.3 Å². The van der Waals surface area contributed by atoms with Gasteiger partial charge >= 0.3 is 12.1 Å². The van der Waals surface area contributed by atoms with Gasteiger partial charge in [0, 0.05) is 5.56 Å². The van der Waals surface area contributed by atoms with Gasteiger partial charge in [-0.3, -0.25) is 0 Å². The zero-order valence-corrected chi connectivity index (χ0v) is 12.6. The molecule has 1 heterocycles. The third-order valence-corrected chi connectivity index (χ3v) is 4.47. The maximum absolute atomic E-state index is 12.8. The van der Waals surface area contributed by atoms with Gasteiger partial charge in [0.25, 0.3) is 0 Å². The van der Waals surface area contributed by atoms with Crippen LogP contribution in [-0.2, 0) is 6.18 Å². The Morgan fingerprint density at radius 1 is 1.30 bits per heavy atom. The van der Waals surface area contributed by atoms with Crippen LogP contribution in [0.1, 0.15) is 28.2 Å². The Kier molecular flexibility index (Phi) is 4.01. The lowest BCUT2D eigenvalue weighted by molar-refractivity contribution is -0.141. The molecule has 3 rings (SSSR count). The molecule has 0 radical (unpaired) electrons. The monoisotopic (exact) mass is 343 g/mol. The minimum atomic E-state index is -4.80. The van der Waals surface area contributed by atoms with Crippen molar-refractivity contribution in [3.63, 3.8) is 0 Å². The summed E-state index contributed by atoms with van der Waals surface area (Å²) >= 11 is 0.510. The average molecular weight is 343 g/mol. The molecular weight excluding hydrogens is 331 g/mol. The first-order chi connectivity index (χ1) is 10.8. The van der Waals surface area contributed by atoms with Crippen LogP contribution < -0.4 is 4.74 Å². The molecule has 1 aliphatic rings. The molecule has 0 saturated heterocycles. The number of thiazole rings is 1. The number of aromatic nitrogens is 1. The number of halogens is 3. The second-order valence-corrected chi connectivity index (χ2v) is 6.28. The standard InChI is InChI=1S/C15H12F3NO3S/c16-15(17,18)12-11(14(20)21)23-13(19-12)9-3-5-10(6-4-9)22-7-8-1-2-8/h3-6,8H,1-2,7H2,(H,20,21). The highest BCUT2D eigenvalue weighted by molar-refractivity contribution is 7.17. The van der Waals surface area contributed by atoms with Gasteiger partial charge < -0.3 is 9.84 Å². The topological polar surface area (TPSA) is 59.4 Å². The molecule has 0 bridgehead atoms. The molecule has 8 heteroatoms. The summed E-state index contributed by atoms with van der Waals surface area (Å²) in [5.74, 6) is -0.404. The Balaban J connectivity index is 1.84. The van der Waals surface area contributed by atoms with E-state index in [1.54, 1.807) is 24.3 Å². The summed E-state index contributed by atoms with van der Waals surface area (Å²) in [7, 11) is 0. The molecule has 23 heavy (non-hydrogen) atoms. The summed E-state index contributed by atoms with van der Waals surface area (Å²) in [5, 5.41) is 8.93. The third-order valence-electron chi connectivity index (χ3n) is 3.37. The van der Waals surface area contributed by atoms with Crippen molar-refractivity contribution in [3.8, 4) is 16.3 Å². The van der Waals surface area contributed by atoms with E-state index in [9.17, 15) is 18.0 Å². The third kappa shape index (κ3) is 3.64. The zero-order chi connectivity index (χ0) is 16.6. The average Bonchev–Trinajstić information content (AvgIpc) is 3.19. The summed E-state index contributed by atoms with van der Waals surface area (Å²) in [5.41, 5.74) is -0.939. The number of benzene rings is 1. The second-order valence-electron chi connectivity index (χ2n) is 5.28. The summed E-state index contributed by atoms with van der Waals surface area (Å²) in [4.78, 5) is 13.6. The van der Waals surface area contributed by atoms with E-state index in [0.717, 1.165) is 12.8 Å². The minimum Gasteiger partial charge on any atom is -0.493 e. The van der Waals surface area contributed by atoms with Gasteiger partial charge in [0.15, 0.2) is 5.69 Å². The van der Waals surface area contributed by atoms with Crippen molar-refractivity contribution in [2.45, 2.75) is 19.0 Å². The number of rotatable bonds is 5. The van der Waals surface area contributed by atoms with Crippen molar-refractivity contribution in [2.75, 3.05) is 6.61 Å². The highest BCUT2D eigenvalue weighted by Gasteiger charge is 2.39. The molecule has 0 amide bonds. The van der Waals surface area contributed by atoms with Gasteiger partial charge in [0.1, 0.15) is 15.6 Å². The van der Waals surface area contributed by atoms with Crippen molar-refractivity contribution < 1.29 is 27.8 Å². The number of aromatic carboxylic acids is 1. The lowest BCUT2D eigenvalue weighted by Crippen LogP contribution is -2.11. The Hall–Kier alpha value is -2.09. The van der Waals surface area contributed by atoms with Crippen LogP contribution in [0.15, 0.2) is 24.3 Å². The molecule has 1 aliphatic carbocycles. The molecule has 122 valence electrons. The molecule has 0 unspecified atom stereocenters. The van der Waals surface area contributed by atoms with Gasteiger partial charge in [0.05, 0.1) is 6.61 Å².